The fraction of sp³-hybridized carbons (Fsp3) is 0.800. The first-order valence-electron chi connectivity index (χ1n) is 5.22. The molecule has 0 fully saturated rings. The molecule has 0 bridgehead atoms. The van der Waals surface area contributed by atoms with Crippen LogP contribution in [0.2, 0.25) is 0 Å². The van der Waals surface area contributed by atoms with Crippen molar-refractivity contribution in [3.05, 3.63) is 10.6 Å². The van der Waals surface area contributed by atoms with Gasteiger partial charge in [0.15, 0.2) is 0 Å². The molecule has 1 heterocycles. The summed E-state index contributed by atoms with van der Waals surface area (Å²) in [5.74, 6) is 0. The minimum absolute atomic E-state index is 0.198. The number of aryl methyl sites for hydroxylation is 1. The van der Waals surface area contributed by atoms with Crippen LogP contribution in [0.3, 0.4) is 0 Å². The molecule has 1 aromatic rings. The van der Waals surface area contributed by atoms with Gasteiger partial charge in [0.2, 0.25) is 0 Å². The van der Waals surface area contributed by atoms with Gasteiger partial charge in [-0.25, -0.2) is 0 Å². The van der Waals surface area contributed by atoms with E-state index in [4.69, 9.17) is 0 Å². The normalized spacial score (nSPS) is 12.0. The molecule has 0 amide bonds. The van der Waals surface area contributed by atoms with Crippen molar-refractivity contribution in [2.75, 3.05) is 13.1 Å². The largest absolute Gasteiger partial charge is 0.311 e. The molecule has 86 valence electrons. The van der Waals surface area contributed by atoms with E-state index in [9.17, 15) is 0 Å². The summed E-state index contributed by atoms with van der Waals surface area (Å²) in [5.41, 5.74) is 1.24. The maximum absolute atomic E-state index is 3.97. The van der Waals surface area contributed by atoms with E-state index >= 15 is 0 Å². The molecule has 0 aliphatic heterocycles. The molecule has 1 rings (SSSR count). The zero-order valence-electron chi connectivity index (χ0n) is 9.92. The third-order valence-corrected chi connectivity index (χ3v) is 2.81. The highest BCUT2D eigenvalue weighted by molar-refractivity contribution is 7.05. The minimum atomic E-state index is 0.198. The van der Waals surface area contributed by atoms with Crippen molar-refractivity contribution in [3.8, 4) is 0 Å². The molecule has 0 atom stereocenters. The quantitative estimate of drug-likeness (QED) is 0.746. The van der Waals surface area contributed by atoms with Crippen LogP contribution in [0.25, 0.3) is 0 Å². The zero-order valence-corrected chi connectivity index (χ0v) is 10.7. The van der Waals surface area contributed by atoms with Gasteiger partial charge >= 0.3 is 0 Å². The average Bonchev–Trinajstić information content (AvgIpc) is 2.49. The topological polar surface area (TPSA) is 49.8 Å². The van der Waals surface area contributed by atoms with Gasteiger partial charge in [0.25, 0.3) is 0 Å². The third kappa shape index (κ3) is 5.20. The molecule has 4 nitrogen and oxygen atoms in total. The Hall–Kier alpha value is -0.520. The summed E-state index contributed by atoms with van der Waals surface area (Å²) in [7, 11) is 0. The Morgan fingerprint density at radius 3 is 2.53 bits per heavy atom. The van der Waals surface area contributed by atoms with Crippen molar-refractivity contribution in [1.29, 1.82) is 0 Å². The Kier molecular flexibility index (Phi) is 4.63. The number of hydrogen-bond donors (Lipinski definition) is 2. The molecule has 0 aromatic carbocycles. The Labute approximate surface area is 95.6 Å². The van der Waals surface area contributed by atoms with Gasteiger partial charge in [0, 0.05) is 25.2 Å². The highest BCUT2D eigenvalue weighted by atomic mass is 32.1. The van der Waals surface area contributed by atoms with Gasteiger partial charge in [-0.3, -0.25) is 0 Å². The van der Waals surface area contributed by atoms with Crippen molar-refractivity contribution in [3.63, 3.8) is 0 Å². The summed E-state index contributed by atoms with van der Waals surface area (Å²) < 4.78 is 3.90. The van der Waals surface area contributed by atoms with E-state index in [0.29, 0.717) is 0 Å². The Bertz CT molecular complexity index is 290. The van der Waals surface area contributed by atoms with E-state index in [2.05, 4.69) is 41.0 Å². The van der Waals surface area contributed by atoms with Gasteiger partial charge < -0.3 is 10.6 Å². The molecule has 15 heavy (non-hydrogen) atoms. The number of aromatic nitrogens is 2. The number of rotatable bonds is 5. The Morgan fingerprint density at radius 2 is 2.00 bits per heavy atom. The SMILES string of the molecule is Cc1nnsc1CNCCNC(C)(C)C. The van der Waals surface area contributed by atoms with E-state index in [0.717, 1.165) is 25.3 Å². The van der Waals surface area contributed by atoms with Gasteiger partial charge in [-0.1, -0.05) is 4.49 Å². The lowest BCUT2D eigenvalue weighted by molar-refractivity contribution is 0.421. The minimum Gasteiger partial charge on any atom is -0.311 e. The van der Waals surface area contributed by atoms with E-state index in [1.54, 1.807) is 0 Å². The maximum atomic E-state index is 3.97. The standard InChI is InChI=1S/C10H20N4S/c1-8-9(15-14-13-8)7-11-5-6-12-10(2,3)4/h11-12H,5-7H2,1-4H3. The first-order chi connectivity index (χ1) is 6.99. The Morgan fingerprint density at radius 1 is 1.27 bits per heavy atom. The van der Waals surface area contributed by atoms with Gasteiger partial charge in [-0.05, 0) is 39.2 Å². The smallest absolute Gasteiger partial charge is 0.0769 e. The van der Waals surface area contributed by atoms with Crippen molar-refractivity contribution in [2.24, 2.45) is 0 Å². The number of hydrogen-bond acceptors (Lipinski definition) is 5. The molecule has 2 N–H and O–H groups in total. The molecule has 5 heteroatoms. The molecule has 0 spiro atoms. The van der Waals surface area contributed by atoms with Crippen molar-refractivity contribution < 1.29 is 0 Å². The van der Waals surface area contributed by atoms with E-state index in [-0.39, 0.29) is 5.54 Å². The van der Waals surface area contributed by atoms with Gasteiger partial charge in [0.05, 0.1) is 10.6 Å². The van der Waals surface area contributed by atoms with Gasteiger partial charge in [0.1, 0.15) is 0 Å². The van der Waals surface area contributed by atoms with Crippen LogP contribution in [0.4, 0.5) is 0 Å². The number of nitrogens with one attached hydrogen (secondary N) is 2. The second kappa shape index (κ2) is 5.53. The summed E-state index contributed by atoms with van der Waals surface area (Å²) in [6.07, 6.45) is 0. The lowest BCUT2D eigenvalue weighted by Crippen LogP contribution is -2.40. The highest BCUT2D eigenvalue weighted by Crippen LogP contribution is 2.07. The molecule has 0 aliphatic carbocycles. The van der Waals surface area contributed by atoms with Gasteiger partial charge in [-0.15, -0.1) is 5.10 Å². The van der Waals surface area contributed by atoms with Crippen LogP contribution in [0.1, 0.15) is 31.3 Å². The third-order valence-electron chi connectivity index (χ3n) is 1.99. The summed E-state index contributed by atoms with van der Waals surface area (Å²) in [6, 6.07) is 0. The molecule has 1 aromatic heterocycles. The van der Waals surface area contributed by atoms with Crippen LogP contribution < -0.4 is 10.6 Å². The molecule has 0 radical (unpaired) electrons. The summed E-state index contributed by atoms with van der Waals surface area (Å²) >= 11 is 1.47. The lowest BCUT2D eigenvalue weighted by Gasteiger charge is -2.20. The molecular weight excluding hydrogens is 208 g/mol. The first-order valence-corrected chi connectivity index (χ1v) is 6.00. The van der Waals surface area contributed by atoms with Crippen molar-refractivity contribution in [1.82, 2.24) is 20.2 Å². The Balaban J connectivity index is 2.10. The number of nitrogens with zero attached hydrogens (tertiary/aromatic N) is 2. The second-order valence-electron chi connectivity index (χ2n) is 4.64. The predicted molar refractivity (Wildman–Crippen MR) is 64.1 cm³/mol. The van der Waals surface area contributed by atoms with Crippen LogP contribution in [0, 0.1) is 6.92 Å². The first kappa shape index (κ1) is 12.5. The maximum Gasteiger partial charge on any atom is 0.0769 e. The fourth-order valence-electron chi connectivity index (χ4n) is 1.14. The van der Waals surface area contributed by atoms with E-state index in [1.807, 2.05) is 6.92 Å². The van der Waals surface area contributed by atoms with Crippen molar-refractivity contribution >= 4 is 11.5 Å². The van der Waals surface area contributed by atoms with Crippen LogP contribution in [-0.2, 0) is 6.54 Å². The molecule has 0 aliphatic rings. The molecule has 0 saturated heterocycles. The van der Waals surface area contributed by atoms with Crippen molar-refractivity contribution in [2.45, 2.75) is 39.8 Å². The predicted octanol–water partition coefficient (Wildman–Crippen LogP) is 1.32. The van der Waals surface area contributed by atoms with Crippen LogP contribution in [-0.4, -0.2) is 28.2 Å². The summed E-state index contributed by atoms with van der Waals surface area (Å²) in [6.45, 7) is 11.3. The van der Waals surface area contributed by atoms with Crippen LogP contribution >= 0.6 is 11.5 Å². The van der Waals surface area contributed by atoms with E-state index in [1.165, 1.54) is 16.4 Å². The summed E-state index contributed by atoms with van der Waals surface area (Å²) in [5, 5.41) is 10.8. The van der Waals surface area contributed by atoms with E-state index < -0.39 is 0 Å². The average molecular weight is 228 g/mol. The van der Waals surface area contributed by atoms with Crippen LogP contribution in [0.15, 0.2) is 0 Å². The van der Waals surface area contributed by atoms with Crippen LogP contribution in [0.5, 0.6) is 0 Å². The second-order valence-corrected chi connectivity index (χ2v) is 5.47. The highest BCUT2D eigenvalue weighted by Gasteiger charge is 2.07. The molecule has 0 saturated carbocycles. The zero-order chi connectivity index (χ0) is 11.3. The monoisotopic (exact) mass is 228 g/mol. The van der Waals surface area contributed by atoms with Gasteiger partial charge in [-0.2, -0.15) is 0 Å². The molecular formula is C10H20N4S. The fourth-order valence-corrected chi connectivity index (χ4v) is 1.74. The molecule has 0 unspecified atom stereocenters. The lowest BCUT2D eigenvalue weighted by atomic mass is 10.1. The summed E-state index contributed by atoms with van der Waals surface area (Å²) in [4.78, 5) is 1.23.